The van der Waals surface area contributed by atoms with Crippen molar-refractivity contribution in [2.75, 3.05) is 18.6 Å². The number of methoxy groups -OCH3 is 1. The van der Waals surface area contributed by atoms with Crippen LogP contribution in [0.2, 0.25) is 0 Å². The summed E-state index contributed by atoms with van der Waals surface area (Å²) in [5, 5.41) is 19.8. The summed E-state index contributed by atoms with van der Waals surface area (Å²) in [6.07, 6.45) is -1.43. The van der Waals surface area contributed by atoms with E-state index in [-0.39, 0.29) is 5.91 Å². The molecule has 0 unspecified atom stereocenters. The molecule has 2 aromatic carbocycles. The minimum absolute atomic E-state index is 0.127. The molecule has 1 amide bonds. The van der Waals surface area contributed by atoms with Gasteiger partial charge < -0.3 is 24.6 Å². The maximum atomic E-state index is 12.8. The van der Waals surface area contributed by atoms with Crippen LogP contribution in [0.15, 0.2) is 54.6 Å². The Morgan fingerprint density at radius 3 is 2.37 bits per heavy atom. The Bertz CT molecular complexity index is 749. The number of ether oxygens (including phenoxy) is 2. The number of rotatable bonds is 8. The summed E-state index contributed by atoms with van der Waals surface area (Å²) in [7, 11) is 1.57. The molecule has 6 heteroatoms. The van der Waals surface area contributed by atoms with Crippen LogP contribution in [0.4, 0.5) is 5.69 Å². The second-order valence-electron chi connectivity index (χ2n) is 6.67. The number of benzene rings is 2. The third kappa shape index (κ3) is 3.98. The van der Waals surface area contributed by atoms with Crippen molar-refractivity contribution in [2.45, 2.75) is 31.8 Å². The molecule has 0 saturated carbocycles. The summed E-state index contributed by atoms with van der Waals surface area (Å²) in [6.45, 7) is 1.79. The highest BCUT2D eigenvalue weighted by Gasteiger charge is 2.54. The van der Waals surface area contributed by atoms with E-state index in [4.69, 9.17) is 9.47 Å². The first kappa shape index (κ1) is 19.4. The number of carbonyl (C=O) groups is 1. The zero-order valence-corrected chi connectivity index (χ0v) is 15.5. The number of anilines is 1. The molecule has 2 aromatic rings. The van der Waals surface area contributed by atoms with Gasteiger partial charge in [0, 0.05) is 5.69 Å². The van der Waals surface area contributed by atoms with E-state index in [0.717, 1.165) is 5.56 Å². The topological polar surface area (TPSA) is 79.2 Å². The first-order chi connectivity index (χ1) is 13.1. The van der Waals surface area contributed by atoms with Gasteiger partial charge in [-0.05, 0) is 36.8 Å². The predicted octanol–water partition coefficient (Wildman–Crippen LogP) is 1.99. The molecule has 0 radical (unpaired) electrons. The molecule has 0 aromatic heterocycles. The SMILES string of the molecule is COc1ccc(N2C(=O)[C@H]([C@@H](C)OCc3ccccc3)[C@H]2[C@H](O)CO)cc1. The Kier molecular flexibility index (Phi) is 6.11. The smallest absolute Gasteiger partial charge is 0.235 e. The van der Waals surface area contributed by atoms with E-state index in [1.807, 2.05) is 37.3 Å². The van der Waals surface area contributed by atoms with Crippen molar-refractivity contribution in [1.29, 1.82) is 0 Å². The highest BCUT2D eigenvalue weighted by atomic mass is 16.5. The number of β-lactam (4-membered cyclic amide) rings is 1. The van der Waals surface area contributed by atoms with Crippen molar-refractivity contribution in [3.05, 3.63) is 60.2 Å². The summed E-state index contributed by atoms with van der Waals surface area (Å²) in [5.74, 6) is 0.0401. The van der Waals surface area contributed by atoms with Gasteiger partial charge in [-0.2, -0.15) is 0 Å². The van der Waals surface area contributed by atoms with Crippen molar-refractivity contribution >= 4 is 11.6 Å². The number of hydrogen-bond acceptors (Lipinski definition) is 5. The lowest BCUT2D eigenvalue weighted by molar-refractivity contribution is -0.143. The fourth-order valence-electron chi connectivity index (χ4n) is 3.48. The molecule has 1 fully saturated rings. The second kappa shape index (κ2) is 8.52. The second-order valence-corrected chi connectivity index (χ2v) is 6.67. The standard InChI is InChI=1S/C21H25NO5/c1-14(27-13-15-6-4-3-5-7-15)19-20(18(24)12-23)22(21(19)25)16-8-10-17(26-2)11-9-16/h3-11,14,18-20,23-24H,12-13H2,1-2H3/t14-,18-,19-,20-/m1/s1. The molecule has 1 aliphatic heterocycles. The van der Waals surface area contributed by atoms with Gasteiger partial charge in [-0.15, -0.1) is 0 Å². The van der Waals surface area contributed by atoms with Crippen LogP contribution in [0.1, 0.15) is 12.5 Å². The molecular weight excluding hydrogens is 346 g/mol. The molecule has 1 aliphatic rings. The number of aliphatic hydroxyl groups is 2. The van der Waals surface area contributed by atoms with Crippen LogP contribution >= 0.6 is 0 Å². The van der Waals surface area contributed by atoms with Crippen molar-refractivity contribution in [3.63, 3.8) is 0 Å². The zero-order valence-electron chi connectivity index (χ0n) is 15.5. The fourth-order valence-corrected chi connectivity index (χ4v) is 3.48. The zero-order chi connectivity index (χ0) is 19.4. The van der Waals surface area contributed by atoms with Gasteiger partial charge in [0.15, 0.2) is 0 Å². The molecule has 0 spiro atoms. The molecule has 2 N–H and O–H groups in total. The van der Waals surface area contributed by atoms with E-state index < -0.39 is 30.8 Å². The Morgan fingerprint density at radius 2 is 1.78 bits per heavy atom. The first-order valence-corrected chi connectivity index (χ1v) is 8.98. The number of nitrogens with zero attached hydrogens (tertiary/aromatic N) is 1. The molecule has 4 atom stereocenters. The van der Waals surface area contributed by atoms with E-state index in [9.17, 15) is 15.0 Å². The lowest BCUT2D eigenvalue weighted by Gasteiger charge is -2.50. The average Bonchev–Trinajstić information content (AvgIpc) is 2.71. The Balaban J connectivity index is 1.73. The average molecular weight is 371 g/mol. The van der Waals surface area contributed by atoms with Crippen molar-refractivity contribution < 1.29 is 24.5 Å². The largest absolute Gasteiger partial charge is 0.497 e. The van der Waals surface area contributed by atoms with E-state index in [1.165, 1.54) is 4.90 Å². The quantitative estimate of drug-likeness (QED) is 0.694. The molecule has 0 bridgehead atoms. The van der Waals surface area contributed by atoms with Gasteiger partial charge in [-0.1, -0.05) is 30.3 Å². The van der Waals surface area contributed by atoms with Crippen LogP contribution in [0, 0.1) is 5.92 Å². The minimum Gasteiger partial charge on any atom is -0.497 e. The van der Waals surface area contributed by atoms with Gasteiger partial charge >= 0.3 is 0 Å². The van der Waals surface area contributed by atoms with Gasteiger partial charge in [-0.25, -0.2) is 0 Å². The maximum Gasteiger partial charge on any atom is 0.235 e. The summed E-state index contributed by atoms with van der Waals surface area (Å²) < 4.78 is 11.0. The Hall–Kier alpha value is -2.41. The van der Waals surface area contributed by atoms with Crippen LogP contribution in [-0.4, -0.2) is 48.1 Å². The Labute approximate surface area is 159 Å². The number of aliphatic hydroxyl groups excluding tert-OH is 2. The van der Waals surface area contributed by atoms with Crippen LogP contribution < -0.4 is 9.64 Å². The number of amides is 1. The van der Waals surface area contributed by atoms with Gasteiger partial charge in [0.2, 0.25) is 5.91 Å². The van der Waals surface area contributed by atoms with Crippen LogP contribution in [0.5, 0.6) is 5.75 Å². The van der Waals surface area contributed by atoms with Gasteiger partial charge in [0.1, 0.15) is 5.75 Å². The monoisotopic (exact) mass is 371 g/mol. The minimum atomic E-state index is -1.04. The summed E-state index contributed by atoms with van der Waals surface area (Å²) >= 11 is 0. The summed E-state index contributed by atoms with van der Waals surface area (Å²) in [4.78, 5) is 14.3. The van der Waals surface area contributed by atoms with Crippen molar-refractivity contribution in [3.8, 4) is 5.75 Å². The number of carbonyl (C=O) groups excluding carboxylic acids is 1. The van der Waals surface area contributed by atoms with Crippen LogP contribution in [0.3, 0.4) is 0 Å². The molecule has 27 heavy (non-hydrogen) atoms. The molecular formula is C21H25NO5. The fraction of sp³-hybridized carbons (Fsp3) is 0.381. The normalized spacial score (nSPS) is 21.5. The van der Waals surface area contributed by atoms with E-state index >= 15 is 0 Å². The third-order valence-corrected chi connectivity index (χ3v) is 4.98. The first-order valence-electron chi connectivity index (χ1n) is 8.98. The van der Waals surface area contributed by atoms with Crippen molar-refractivity contribution in [1.82, 2.24) is 0 Å². The predicted molar refractivity (Wildman–Crippen MR) is 102 cm³/mol. The van der Waals surface area contributed by atoms with Gasteiger partial charge in [0.05, 0.1) is 44.5 Å². The lowest BCUT2D eigenvalue weighted by atomic mass is 9.79. The Morgan fingerprint density at radius 1 is 1.11 bits per heavy atom. The van der Waals surface area contributed by atoms with Crippen LogP contribution in [0.25, 0.3) is 0 Å². The number of hydrogen-bond donors (Lipinski definition) is 2. The molecule has 144 valence electrons. The highest BCUT2D eigenvalue weighted by molar-refractivity contribution is 6.03. The van der Waals surface area contributed by atoms with E-state index in [0.29, 0.717) is 18.0 Å². The van der Waals surface area contributed by atoms with E-state index in [2.05, 4.69) is 0 Å². The maximum absolute atomic E-state index is 12.8. The van der Waals surface area contributed by atoms with Crippen molar-refractivity contribution in [2.24, 2.45) is 5.92 Å². The molecule has 1 heterocycles. The van der Waals surface area contributed by atoms with Gasteiger partial charge in [0.25, 0.3) is 0 Å². The summed E-state index contributed by atoms with van der Waals surface area (Å²) in [5.41, 5.74) is 1.67. The molecule has 3 rings (SSSR count). The lowest BCUT2D eigenvalue weighted by Crippen LogP contribution is -2.69. The third-order valence-electron chi connectivity index (χ3n) is 4.98. The summed E-state index contributed by atoms with van der Waals surface area (Å²) in [6, 6.07) is 16.2. The highest BCUT2D eigenvalue weighted by Crippen LogP contribution is 2.38. The van der Waals surface area contributed by atoms with Crippen LogP contribution in [-0.2, 0) is 16.1 Å². The molecule has 6 nitrogen and oxygen atoms in total. The molecule has 1 saturated heterocycles. The van der Waals surface area contributed by atoms with Gasteiger partial charge in [-0.3, -0.25) is 4.79 Å². The van der Waals surface area contributed by atoms with E-state index in [1.54, 1.807) is 31.4 Å². The molecule has 0 aliphatic carbocycles.